The number of fused-ring (bicyclic) bond motifs is 2. The summed E-state index contributed by atoms with van der Waals surface area (Å²) in [4.78, 5) is 30.2. The van der Waals surface area contributed by atoms with Crippen LogP contribution in [0.4, 0.5) is 0 Å². The summed E-state index contributed by atoms with van der Waals surface area (Å²) in [6.07, 6.45) is 3.09. The van der Waals surface area contributed by atoms with E-state index in [9.17, 15) is 9.59 Å². The van der Waals surface area contributed by atoms with Crippen LogP contribution >= 0.6 is 0 Å². The summed E-state index contributed by atoms with van der Waals surface area (Å²) < 4.78 is 0. The molecule has 1 aliphatic carbocycles. The van der Waals surface area contributed by atoms with Gasteiger partial charge in [0.25, 0.3) is 0 Å². The number of carbonyl (C=O) groups is 2. The number of likely N-dealkylation sites (tertiary alicyclic amines) is 1. The van der Waals surface area contributed by atoms with Crippen LogP contribution in [0.15, 0.2) is 0 Å². The number of hydrogen-bond donors (Lipinski definition) is 0. The van der Waals surface area contributed by atoms with E-state index in [1.54, 1.807) is 0 Å². The van der Waals surface area contributed by atoms with Crippen LogP contribution in [0.2, 0.25) is 0 Å². The molecule has 0 N–H and O–H groups in total. The number of rotatable bonds is 2. The third-order valence-electron chi connectivity index (χ3n) is 6.68. The van der Waals surface area contributed by atoms with Gasteiger partial charge in [-0.2, -0.15) is 0 Å². The van der Waals surface area contributed by atoms with Crippen LogP contribution < -0.4 is 0 Å². The van der Waals surface area contributed by atoms with Crippen molar-refractivity contribution in [2.45, 2.75) is 66.3 Å². The summed E-state index contributed by atoms with van der Waals surface area (Å²) in [6, 6.07) is 0. The van der Waals surface area contributed by atoms with Crippen molar-refractivity contribution >= 4 is 11.7 Å². The molecule has 4 heteroatoms. The van der Waals surface area contributed by atoms with Crippen LogP contribution in [0.5, 0.6) is 0 Å². The zero-order valence-electron chi connectivity index (χ0n) is 17.0. The smallest absolute Gasteiger partial charge is 0.225 e. The SMILES string of the molecule is CC(C)(C)C(=O)C1C2CC1CN(C(=O)C1CCN(C(C)(C)C)CC1)C2. The Morgan fingerprint density at radius 2 is 1.40 bits per heavy atom. The van der Waals surface area contributed by atoms with Gasteiger partial charge in [-0.15, -0.1) is 0 Å². The molecule has 2 atom stereocenters. The fourth-order valence-electron chi connectivity index (χ4n) is 5.05. The van der Waals surface area contributed by atoms with Crippen LogP contribution in [-0.4, -0.2) is 53.2 Å². The largest absolute Gasteiger partial charge is 0.342 e. The summed E-state index contributed by atoms with van der Waals surface area (Å²) in [5.41, 5.74) is -0.0607. The highest BCUT2D eigenvalue weighted by Crippen LogP contribution is 2.48. The molecule has 4 rings (SSSR count). The third-order valence-corrected chi connectivity index (χ3v) is 6.68. The monoisotopic (exact) mass is 348 g/mol. The average Bonchev–Trinajstić information content (AvgIpc) is 2.52. The third kappa shape index (κ3) is 3.65. The molecule has 3 aliphatic heterocycles. The molecular formula is C21H36N2O2. The van der Waals surface area contributed by atoms with E-state index in [4.69, 9.17) is 0 Å². The van der Waals surface area contributed by atoms with Crippen molar-refractivity contribution < 1.29 is 9.59 Å². The lowest BCUT2D eigenvalue weighted by atomic mass is 9.57. The predicted octanol–water partition coefficient (Wildman–Crippen LogP) is 3.21. The number of carbonyl (C=O) groups excluding carboxylic acids is 2. The van der Waals surface area contributed by atoms with Crippen molar-refractivity contribution in [1.82, 2.24) is 9.80 Å². The van der Waals surface area contributed by atoms with Crippen LogP contribution in [0, 0.1) is 29.1 Å². The predicted molar refractivity (Wildman–Crippen MR) is 100 cm³/mol. The Balaban J connectivity index is 1.54. The Morgan fingerprint density at radius 1 is 0.880 bits per heavy atom. The molecule has 25 heavy (non-hydrogen) atoms. The molecule has 0 radical (unpaired) electrons. The maximum atomic E-state index is 13.0. The molecular weight excluding hydrogens is 312 g/mol. The second-order valence-electron chi connectivity index (χ2n) is 10.6. The minimum Gasteiger partial charge on any atom is -0.342 e. The van der Waals surface area contributed by atoms with Gasteiger partial charge in [-0.1, -0.05) is 20.8 Å². The first-order valence-corrected chi connectivity index (χ1v) is 10.1. The van der Waals surface area contributed by atoms with E-state index in [-0.39, 0.29) is 22.8 Å². The molecule has 3 saturated heterocycles. The number of ketones is 1. The van der Waals surface area contributed by atoms with E-state index in [0.717, 1.165) is 45.4 Å². The van der Waals surface area contributed by atoms with E-state index < -0.39 is 0 Å². The normalized spacial score (nSPS) is 31.6. The summed E-state index contributed by atoms with van der Waals surface area (Å²) >= 11 is 0. The molecule has 142 valence electrons. The molecule has 4 nitrogen and oxygen atoms in total. The highest BCUT2D eigenvalue weighted by Gasteiger charge is 2.53. The van der Waals surface area contributed by atoms with Gasteiger partial charge in [-0.25, -0.2) is 0 Å². The summed E-state index contributed by atoms with van der Waals surface area (Å²) in [6.45, 7) is 16.5. The molecule has 1 saturated carbocycles. The standard InChI is InChI=1S/C21H36N2O2/c1-20(2,3)18(24)17-15-11-16(17)13-22(12-15)19(25)14-7-9-23(10-8-14)21(4,5)6/h14-17H,7-13H2,1-6H3. The zero-order valence-corrected chi connectivity index (χ0v) is 17.0. The van der Waals surface area contributed by atoms with Gasteiger partial charge >= 0.3 is 0 Å². The van der Waals surface area contributed by atoms with Crippen LogP contribution in [0.1, 0.15) is 60.8 Å². The highest BCUT2D eigenvalue weighted by atomic mass is 16.2. The Kier molecular flexibility index (Phi) is 4.81. The molecule has 2 bridgehead atoms. The number of hydrogen-bond acceptors (Lipinski definition) is 3. The molecule has 3 heterocycles. The fraction of sp³-hybridized carbons (Fsp3) is 0.905. The van der Waals surface area contributed by atoms with Crippen LogP contribution in [-0.2, 0) is 9.59 Å². The zero-order chi connectivity index (χ0) is 18.6. The number of nitrogens with zero attached hydrogens (tertiary/aromatic N) is 2. The van der Waals surface area contributed by atoms with E-state index in [0.29, 0.717) is 23.5 Å². The van der Waals surface area contributed by atoms with Crippen molar-refractivity contribution in [3.8, 4) is 0 Å². The highest BCUT2D eigenvalue weighted by molar-refractivity contribution is 5.88. The lowest BCUT2D eigenvalue weighted by Crippen LogP contribution is -2.61. The topological polar surface area (TPSA) is 40.6 Å². The Labute approximate surface area is 153 Å². The van der Waals surface area contributed by atoms with Gasteiger partial charge in [-0.3, -0.25) is 14.5 Å². The fourth-order valence-corrected chi connectivity index (χ4v) is 5.05. The van der Waals surface area contributed by atoms with Gasteiger partial charge in [0, 0.05) is 35.9 Å². The van der Waals surface area contributed by atoms with Gasteiger partial charge in [-0.05, 0) is 65.0 Å². The first kappa shape index (κ1) is 18.9. The lowest BCUT2D eigenvalue weighted by Gasteiger charge is -2.54. The van der Waals surface area contributed by atoms with Gasteiger partial charge in [0.1, 0.15) is 5.78 Å². The first-order valence-electron chi connectivity index (χ1n) is 10.1. The van der Waals surface area contributed by atoms with Crippen molar-refractivity contribution in [1.29, 1.82) is 0 Å². The van der Waals surface area contributed by atoms with Gasteiger partial charge < -0.3 is 4.90 Å². The minimum absolute atomic E-state index is 0.188. The van der Waals surface area contributed by atoms with Crippen molar-refractivity contribution in [3.05, 3.63) is 0 Å². The van der Waals surface area contributed by atoms with E-state index in [1.807, 2.05) is 20.8 Å². The van der Waals surface area contributed by atoms with Crippen molar-refractivity contribution in [2.24, 2.45) is 29.1 Å². The number of piperidine rings is 3. The quantitative estimate of drug-likeness (QED) is 0.769. The second-order valence-corrected chi connectivity index (χ2v) is 10.6. The minimum atomic E-state index is -0.256. The lowest BCUT2D eigenvalue weighted by molar-refractivity contribution is -0.158. The molecule has 0 aromatic rings. The Bertz CT molecular complexity index is 523. The molecule has 0 aromatic carbocycles. The molecule has 0 spiro atoms. The van der Waals surface area contributed by atoms with Crippen LogP contribution in [0.3, 0.4) is 0 Å². The molecule has 4 aliphatic rings. The van der Waals surface area contributed by atoms with E-state index in [1.165, 1.54) is 0 Å². The summed E-state index contributed by atoms with van der Waals surface area (Å²) in [7, 11) is 0. The van der Waals surface area contributed by atoms with Crippen LogP contribution in [0.25, 0.3) is 0 Å². The van der Waals surface area contributed by atoms with E-state index in [2.05, 4.69) is 30.6 Å². The average molecular weight is 349 g/mol. The Morgan fingerprint density at radius 3 is 1.84 bits per heavy atom. The molecule has 0 aromatic heterocycles. The van der Waals surface area contributed by atoms with Crippen molar-refractivity contribution in [2.75, 3.05) is 26.2 Å². The Hall–Kier alpha value is -0.900. The molecule has 1 amide bonds. The summed E-state index contributed by atoms with van der Waals surface area (Å²) in [5, 5.41) is 0. The maximum absolute atomic E-state index is 13.0. The first-order chi connectivity index (χ1) is 11.5. The van der Waals surface area contributed by atoms with Gasteiger partial charge in [0.2, 0.25) is 5.91 Å². The number of Topliss-reactive ketones (excluding diaryl/α,β-unsaturated/α-hetero) is 1. The van der Waals surface area contributed by atoms with E-state index >= 15 is 0 Å². The maximum Gasteiger partial charge on any atom is 0.225 e. The molecule has 4 fully saturated rings. The van der Waals surface area contributed by atoms with Gasteiger partial charge in [0.05, 0.1) is 0 Å². The van der Waals surface area contributed by atoms with Gasteiger partial charge in [0.15, 0.2) is 0 Å². The number of amides is 1. The molecule has 2 unspecified atom stereocenters. The second kappa shape index (κ2) is 6.37. The van der Waals surface area contributed by atoms with Crippen molar-refractivity contribution in [3.63, 3.8) is 0 Å². The summed E-state index contributed by atoms with van der Waals surface area (Å²) in [5.74, 6) is 1.96.